The predicted octanol–water partition coefficient (Wildman–Crippen LogP) is 1.42. The minimum absolute atomic E-state index is 0.638. The van der Waals surface area contributed by atoms with Gasteiger partial charge in [0.15, 0.2) is 0 Å². The van der Waals surface area contributed by atoms with Crippen LogP contribution >= 0.6 is 0 Å². The van der Waals surface area contributed by atoms with E-state index in [2.05, 4.69) is 41.7 Å². The maximum atomic E-state index is 5.60. The van der Waals surface area contributed by atoms with Gasteiger partial charge in [0.2, 0.25) is 0 Å². The van der Waals surface area contributed by atoms with E-state index in [0.717, 1.165) is 31.9 Å². The second-order valence-corrected chi connectivity index (χ2v) is 5.51. The predicted molar refractivity (Wildman–Crippen MR) is 80.7 cm³/mol. The summed E-state index contributed by atoms with van der Waals surface area (Å²) in [6.07, 6.45) is 4.08. The van der Waals surface area contributed by atoms with Gasteiger partial charge in [-0.3, -0.25) is 4.90 Å². The van der Waals surface area contributed by atoms with Gasteiger partial charge < -0.3 is 10.6 Å². The summed E-state index contributed by atoms with van der Waals surface area (Å²) in [5.41, 5.74) is 8.11. The lowest BCUT2D eigenvalue weighted by molar-refractivity contribution is 0.213. The van der Waals surface area contributed by atoms with Gasteiger partial charge in [-0.2, -0.15) is 0 Å². The van der Waals surface area contributed by atoms with Gasteiger partial charge in [-0.25, -0.2) is 4.98 Å². The molecule has 19 heavy (non-hydrogen) atoms. The zero-order valence-corrected chi connectivity index (χ0v) is 12.4. The molecule has 4 heteroatoms. The molecule has 1 aromatic rings. The highest BCUT2D eigenvalue weighted by atomic mass is 15.3. The topological polar surface area (TPSA) is 45.4 Å². The number of anilines is 1. The summed E-state index contributed by atoms with van der Waals surface area (Å²) >= 11 is 0. The van der Waals surface area contributed by atoms with Gasteiger partial charge in [0.05, 0.1) is 0 Å². The number of piperazine rings is 1. The quantitative estimate of drug-likeness (QED) is 0.891. The summed E-state index contributed by atoms with van der Waals surface area (Å²) in [5, 5.41) is 0. The third-order valence-corrected chi connectivity index (χ3v) is 4.09. The van der Waals surface area contributed by atoms with Crippen molar-refractivity contribution in [3.8, 4) is 0 Å². The molecular formula is C15H26N4. The molecule has 1 fully saturated rings. The Balaban J connectivity index is 2.13. The molecule has 0 aliphatic carbocycles. The molecule has 0 spiro atoms. The monoisotopic (exact) mass is 262 g/mol. The summed E-state index contributed by atoms with van der Waals surface area (Å²) in [6, 6.07) is 2.87. The Morgan fingerprint density at radius 2 is 2.21 bits per heavy atom. The second kappa shape index (κ2) is 6.35. The molecule has 2 rings (SSSR count). The molecular weight excluding hydrogens is 236 g/mol. The van der Waals surface area contributed by atoms with Crippen molar-refractivity contribution < 1.29 is 0 Å². The molecule has 1 saturated heterocycles. The molecule has 1 atom stereocenters. The summed E-state index contributed by atoms with van der Waals surface area (Å²) in [5.74, 6) is 1.15. The van der Waals surface area contributed by atoms with E-state index in [1.165, 1.54) is 17.5 Å². The van der Waals surface area contributed by atoms with Gasteiger partial charge in [0.1, 0.15) is 5.82 Å². The summed E-state index contributed by atoms with van der Waals surface area (Å²) < 4.78 is 0. The smallest absolute Gasteiger partial charge is 0.131 e. The van der Waals surface area contributed by atoms with Crippen LogP contribution in [0, 0.1) is 6.92 Å². The molecule has 2 N–H and O–H groups in total. The number of aryl methyl sites for hydroxylation is 1. The van der Waals surface area contributed by atoms with Crippen LogP contribution in [0.15, 0.2) is 12.3 Å². The van der Waals surface area contributed by atoms with Crippen molar-refractivity contribution in [2.45, 2.75) is 32.7 Å². The molecule has 1 aromatic heterocycles. The van der Waals surface area contributed by atoms with Crippen LogP contribution in [-0.2, 0) is 6.42 Å². The Kier molecular flexibility index (Phi) is 4.77. The lowest BCUT2D eigenvalue weighted by atomic mass is 10.1. The average Bonchev–Trinajstić information content (AvgIpc) is 2.40. The lowest BCUT2D eigenvalue weighted by Gasteiger charge is -2.40. The van der Waals surface area contributed by atoms with Crippen LogP contribution in [-0.4, -0.2) is 49.2 Å². The largest absolute Gasteiger partial charge is 0.354 e. The Morgan fingerprint density at radius 1 is 1.42 bits per heavy atom. The molecule has 0 amide bonds. The summed E-state index contributed by atoms with van der Waals surface area (Å²) in [6.45, 7) is 8.36. The van der Waals surface area contributed by atoms with Crippen molar-refractivity contribution in [3.05, 3.63) is 23.4 Å². The number of rotatable bonds is 4. The molecule has 1 unspecified atom stereocenters. The van der Waals surface area contributed by atoms with Crippen LogP contribution in [0.3, 0.4) is 0 Å². The molecule has 0 saturated carbocycles. The number of nitrogens with two attached hydrogens (primary N) is 1. The van der Waals surface area contributed by atoms with Crippen LogP contribution in [0.5, 0.6) is 0 Å². The van der Waals surface area contributed by atoms with Crippen LogP contribution < -0.4 is 10.6 Å². The minimum atomic E-state index is 0.638. The van der Waals surface area contributed by atoms with E-state index in [4.69, 9.17) is 5.73 Å². The van der Waals surface area contributed by atoms with Crippen molar-refractivity contribution >= 4 is 5.82 Å². The lowest BCUT2D eigenvalue weighted by Crippen LogP contribution is -2.51. The summed E-state index contributed by atoms with van der Waals surface area (Å²) in [7, 11) is 2.22. The number of likely N-dealkylation sites (N-methyl/N-ethyl adjacent to an activating group) is 1. The molecule has 0 bridgehead atoms. The number of pyridine rings is 1. The van der Waals surface area contributed by atoms with Crippen LogP contribution in [0.2, 0.25) is 0 Å². The molecule has 0 radical (unpaired) electrons. The van der Waals surface area contributed by atoms with E-state index < -0.39 is 0 Å². The number of aromatic nitrogens is 1. The molecule has 1 aliphatic rings. The first-order valence-corrected chi connectivity index (χ1v) is 7.26. The molecule has 106 valence electrons. The minimum Gasteiger partial charge on any atom is -0.354 e. The SMILES string of the molecule is CCC1CN(c2ncc(CCN)cc2C)CCN1C. The first kappa shape index (κ1) is 14.3. The molecule has 2 heterocycles. The number of hydrogen-bond donors (Lipinski definition) is 1. The van der Waals surface area contributed by atoms with Crippen molar-refractivity contribution in [1.82, 2.24) is 9.88 Å². The highest BCUT2D eigenvalue weighted by molar-refractivity contribution is 5.48. The first-order chi connectivity index (χ1) is 9.15. The first-order valence-electron chi connectivity index (χ1n) is 7.26. The van der Waals surface area contributed by atoms with E-state index in [9.17, 15) is 0 Å². The van der Waals surface area contributed by atoms with Crippen molar-refractivity contribution in [2.75, 3.05) is 38.1 Å². The summed E-state index contributed by atoms with van der Waals surface area (Å²) in [4.78, 5) is 9.55. The maximum absolute atomic E-state index is 5.60. The van der Waals surface area contributed by atoms with Gasteiger partial charge in [-0.15, -0.1) is 0 Å². The highest BCUT2D eigenvalue weighted by Crippen LogP contribution is 2.22. The van der Waals surface area contributed by atoms with E-state index in [1.54, 1.807) is 0 Å². The molecule has 4 nitrogen and oxygen atoms in total. The normalized spacial score (nSPS) is 20.8. The van der Waals surface area contributed by atoms with Crippen molar-refractivity contribution in [2.24, 2.45) is 5.73 Å². The fourth-order valence-electron chi connectivity index (χ4n) is 2.84. The third kappa shape index (κ3) is 3.25. The Morgan fingerprint density at radius 3 is 2.84 bits per heavy atom. The Labute approximate surface area is 116 Å². The second-order valence-electron chi connectivity index (χ2n) is 5.51. The van der Waals surface area contributed by atoms with Gasteiger partial charge >= 0.3 is 0 Å². The van der Waals surface area contributed by atoms with Gasteiger partial charge in [0, 0.05) is 31.9 Å². The van der Waals surface area contributed by atoms with Crippen molar-refractivity contribution in [1.29, 1.82) is 0 Å². The Bertz CT molecular complexity index is 419. The zero-order chi connectivity index (χ0) is 13.8. The Hall–Kier alpha value is -1.13. The fraction of sp³-hybridized carbons (Fsp3) is 0.667. The third-order valence-electron chi connectivity index (χ3n) is 4.09. The van der Waals surface area contributed by atoms with E-state index in [-0.39, 0.29) is 0 Å². The van der Waals surface area contributed by atoms with E-state index in [0.29, 0.717) is 12.6 Å². The maximum Gasteiger partial charge on any atom is 0.131 e. The van der Waals surface area contributed by atoms with Gasteiger partial charge in [0.25, 0.3) is 0 Å². The van der Waals surface area contributed by atoms with Gasteiger partial charge in [-0.1, -0.05) is 13.0 Å². The van der Waals surface area contributed by atoms with Crippen LogP contribution in [0.4, 0.5) is 5.82 Å². The van der Waals surface area contributed by atoms with E-state index in [1.807, 2.05) is 6.20 Å². The zero-order valence-electron chi connectivity index (χ0n) is 12.4. The fourth-order valence-corrected chi connectivity index (χ4v) is 2.84. The average molecular weight is 262 g/mol. The standard InChI is InChI=1S/C15H26N4/c1-4-14-11-19(8-7-18(14)3)15-12(2)9-13(5-6-16)10-17-15/h9-10,14H,4-8,11,16H2,1-3H3. The van der Waals surface area contributed by atoms with Gasteiger partial charge in [-0.05, 0) is 44.5 Å². The number of nitrogens with zero attached hydrogens (tertiary/aromatic N) is 3. The molecule has 0 aromatic carbocycles. The number of hydrogen-bond acceptors (Lipinski definition) is 4. The highest BCUT2D eigenvalue weighted by Gasteiger charge is 2.24. The molecule has 1 aliphatic heterocycles. The van der Waals surface area contributed by atoms with Crippen LogP contribution in [0.25, 0.3) is 0 Å². The van der Waals surface area contributed by atoms with Crippen molar-refractivity contribution in [3.63, 3.8) is 0 Å². The van der Waals surface area contributed by atoms with E-state index >= 15 is 0 Å². The van der Waals surface area contributed by atoms with Crippen LogP contribution in [0.1, 0.15) is 24.5 Å².